The van der Waals surface area contributed by atoms with Gasteiger partial charge in [-0.15, -0.1) is 0 Å². The summed E-state index contributed by atoms with van der Waals surface area (Å²) in [5, 5.41) is 2.94. The van der Waals surface area contributed by atoms with Gasteiger partial charge in [-0.3, -0.25) is 23.6 Å². The molecule has 1 N–H and O–H groups in total. The smallest absolute Gasteiger partial charge is 0.264 e. The number of hydrogen-bond acceptors (Lipinski definition) is 7. The van der Waals surface area contributed by atoms with Gasteiger partial charge in [0.1, 0.15) is 0 Å². The molecule has 212 valence electrons. The molecular formula is C29H40N4O5S. The number of carbonyl (C=O) groups excluding carboxylic acids is 2. The number of nitrogens with one attached hydrogen (secondary N) is 1. The fraction of sp³-hybridized carbons (Fsp3) is 0.517. The Hall–Kier alpha value is -2.79. The van der Waals surface area contributed by atoms with E-state index in [1.165, 1.54) is 5.56 Å². The van der Waals surface area contributed by atoms with Crippen molar-refractivity contribution < 1.29 is 22.2 Å². The Kier molecular flexibility index (Phi) is 10.5. The van der Waals surface area contributed by atoms with Crippen molar-refractivity contribution in [3.8, 4) is 0 Å². The van der Waals surface area contributed by atoms with E-state index in [-0.39, 0.29) is 18.6 Å². The minimum Gasteiger partial charge on any atom is -0.352 e. The first-order chi connectivity index (χ1) is 18.7. The standard InChI is InChI=1S/C15H22N2O4S.C14H18N2O/c1-22(19,20)21-10-9-17(11-13-5-3-2-4-6-13)12-14-7-8-15(18)16-14;17-14-7-6-13-11-15(8-9-16(13)14)10-12-4-2-1-3-5-12/h2-6,14H,7-12H2,1H3,(H,16,18);1-5,13H,6-11H2/t14-;13-/m11/s1. The molecule has 0 bridgehead atoms. The first-order valence-corrected chi connectivity index (χ1v) is 15.5. The van der Waals surface area contributed by atoms with E-state index in [4.69, 9.17) is 4.18 Å². The van der Waals surface area contributed by atoms with Crippen LogP contribution in [0.1, 0.15) is 36.8 Å². The number of carbonyl (C=O) groups is 2. The minimum absolute atomic E-state index is 0.0806. The molecule has 10 heteroatoms. The van der Waals surface area contributed by atoms with Gasteiger partial charge in [-0.2, -0.15) is 8.42 Å². The number of rotatable bonds is 10. The first kappa shape index (κ1) is 29.2. The summed E-state index contributed by atoms with van der Waals surface area (Å²) in [6, 6.07) is 21.1. The molecule has 3 saturated heterocycles. The second-order valence-corrected chi connectivity index (χ2v) is 12.2. The molecule has 0 aliphatic carbocycles. The summed E-state index contributed by atoms with van der Waals surface area (Å²) in [6.07, 6.45) is 4.22. The first-order valence-electron chi connectivity index (χ1n) is 13.7. The fourth-order valence-corrected chi connectivity index (χ4v) is 5.81. The van der Waals surface area contributed by atoms with Crippen LogP contribution >= 0.6 is 0 Å². The molecule has 0 spiro atoms. The molecule has 0 aromatic heterocycles. The van der Waals surface area contributed by atoms with Crippen molar-refractivity contribution in [2.24, 2.45) is 0 Å². The van der Waals surface area contributed by atoms with Crippen LogP contribution in [0.4, 0.5) is 0 Å². The van der Waals surface area contributed by atoms with E-state index in [0.717, 1.165) is 57.3 Å². The molecule has 3 aliphatic heterocycles. The zero-order chi connectivity index (χ0) is 27.7. The Morgan fingerprint density at radius 2 is 1.64 bits per heavy atom. The highest BCUT2D eigenvalue weighted by Gasteiger charge is 2.35. The SMILES string of the molecule is CS(=O)(=O)OCCN(Cc1ccccc1)C[C@H]1CCC(=O)N1.O=C1CC[C@@H]2CN(Cc3ccccc3)CCN12. The van der Waals surface area contributed by atoms with E-state index in [1.54, 1.807) is 0 Å². The van der Waals surface area contributed by atoms with Crippen molar-refractivity contribution in [1.82, 2.24) is 20.0 Å². The normalized spacial score (nSPS) is 21.4. The highest BCUT2D eigenvalue weighted by Crippen LogP contribution is 2.23. The summed E-state index contributed by atoms with van der Waals surface area (Å²) in [5.41, 5.74) is 2.51. The van der Waals surface area contributed by atoms with Crippen molar-refractivity contribution in [2.75, 3.05) is 45.6 Å². The van der Waals surface area contributed by atoms with Gasteiger partial charge >= 0.3 is 0 Å². The highest BCUT2D eigenvalue weighted by atomic mass is 32.2. The molecule has 0 saturated carbocycles. The van der Waals surface area contributed by atoms with Crippen LogP contribution in [0, 0.1) is 0 Å². The maximum Gasteiger partial charge on any atom is 0.264 e. The van der Waals surface area contributed by atoms with Gasteiger partial charge in [-0.25, -0.2) is 0 Å². The molecule has 3 aliphatic rings. The highest BCUT2D eigenvalue weighted by molar-refractivity contribution is 7.85. The summed E-state index contributed by atoms with van der Waals surface area (Å²) in [5.74, 6) is 0.436. The molecule has 0 unspecified atom stereocenters. The van der Waals surface area contributed by atoms with Crippen LogP contribution < -0.4 is 5.32 Å². The summed E-state index contributed by atoms with van der Waals surface area (Å²) < 4.78 is 26.9. The lowest BCUT2D eigenvalue weighted by atomic mass is 10.1. The van der Waals surface area contributed by atoms with Crippen LogP contribution in [0.2, 0.25) is 0 Å². The third-order valence-corrected chi connectivity index (χ3v) is 7.94. The van der Waals surface area contributed by atoms with Crippen LogP contribution in [0.5, 0.6) is 0 Å². The molecule has 0 radical (unpaired) electrons. The lowest BCUT2D eigenvalue weighted by molar-refractivity contribution is -0.130. The van der Waals surface area contributed by atoms with Gasteiger partial charge in [0, 0.05) is 70.7 Å². The van der Waals surface area contributed by atoms with Gasteiger partial charge in [0.15, 0.2) is 0 Å². The van der Waals surface area contributed by atoms with E-state index in [1.807, 2.05) is 30.3 Å². The summed E-state index contributed by atoms with van der Waals surface area (Å²) in [7, 11) is -3.43. The molecule has 2 aromatic rings. The molecular weight excluding hydrogens is 516 g/mol. The van der Waals surface area contributed by atoms with Crippen molar-refractivity contribution in [1.29, 1.82) is 0 Å². The Morgan fingerprint density at radius 3 is 2.28 bits per heavy atom. The van der Waals surface area contributed by atoms with Crippen molar-refractivity contribution in [3.05, 3.63) is 71.8 Å². The third-order valence-electron chi connectivity index (χ3n) is 7.35. The van der Waals surface area contributed by atoms with Gasteiger partial charge in [0.05, 0.1) is 12.9 Å². The van der Waals surface area contributed by atoms with E-state index in [0.29, 0.717) is 38.0 Å². The number of amides is 2. The summed E-state index contributed by atoms with van der Waals surface area (Å²) >= 11 is 0. The zero-order valence-electron chi connectivity index (χ0n) is 22.7. The van der Waals surface area contributed by atoms with E-state index >= 15 is 0 Å². The molecule has 2 amide bonds. The molecule has 5 rings (SSSR count). The van der Waals surface area contributed by atoms with Crippen LogP contribution in [0.15, 0.2) is 60.7 Å². The maximum absolute atomic E-state index is 11.6. The molecule has 2 aromatic carbocycles. The van der Waals surface area contributed by atoms with E-state index in [2.05, 4.69) is 50.3 Å². The van der Waals surface area contributed by atoms with Gasteiger partial charge in [0.25, 0.3) is 10.1 Å². The number of fused-ring (bicyclic) bond motifs is 1. The van der Waals surface area contributed by atoms with Gasteiger partial charge < -0.3 is 10.2 Å². The predicted molar refractivity (Wildman–Crippen MR) is 150 cm³/mol. The van der Waals surface area contributed by atoms with Crippen LogP contribution in [-0.2, 0) is 37.0 Å². The van der Waals surface area contributed by atoms with Crippen LogP contribution in [0.3, 0.4) is 0 Å². The number of benzene rings is 2. The summed E-state index contributed by atoms with van der Waals surface area (Å²) in [6.45, 7) is 5.97. The Balaban J connectivity index is 0.000000186. The maximum atomic E-state index is 11.6. The Labute approximate surface area is 232 Å². The average molecular weight is 557 g/mol. The second-order valence-electron chi connectivity index (χ2n) is 10.6. The van der Waals surface area contributed by atoms with E-state index in [9.17, 15) is 18.0 Å². The van der Waals surface area contributed by atoms with Crippen molar-refractivity contribution in [2.45, 2.75) is 50.9 Å². The zero-order valence-corrected chi connectivity index (χ0v) is 23.5. The quantitative estimate of drug-likeness (QED) is 0.448. The molecule has 9 nitrogen and oxygen atoms in total. The monoisotopic (exact) mass is 556 g/mol. The lowest BCUT2D eigenvalue weighted by Crippen LogP contribution is -2.50. The number of piperazine rings is 1. The second kappa shape index (κ2) is 14.0. The largest absolute Gasteiger partial charge is 0.352 e. The van der Waals surface area contributed by atoms with Gasteiger partial charge in [-0.05, 0) is 24.0 Å². The average Bonchev–Trinajstić information content (AvgIpc) is 3.49. The Morgan fingerprint density at radius 1 is 0.949 bits per heavy atom. The fourth-order valence-electron chi connectivity index (χ4n) is 5.43. The predicted octanol–water partition coefficient (Wildman–Crippen LogP) is 2.24. The van der Waals surface area contributed by atoms with Gasteiger partial charge in [0.2, 0.25) is 11.8 Å². The number of nitrogens with zero attached hydrogens (tertiary/aromatic N) is 3. The molecule has 3 fully saturated rings. The minimum atomic E-state index is -3.43. The third kappa shape index (κ3) is 9.72. The topological polar surface area (TPSA) is 99.3 Å². The molecule has 39 heavy (non-hydrogen) atoms. The van der Waals surface area contributed by atoms with Crippen molar-refractivity contribution >= 4 is 21.9 Å². The molecule has 3 heterocycles. The van der Waals surface area contributed by atoms with Crippen LogP contribution in [0.25, 0.3) is 0 Å². The van der Waals surface area contributed by atoms with Gasteiger partial charge in [-0.1, -0.05) is 60.7 Å². The summed E-state index contributed by atoms with van der Waals surface area (Å²) in [4.78, 5) is 29.5. The Bertz CT molecular complexity index is 1180. The number of hydrogen-bond donors (Lipinski definition) is 1. The van der Waals surface area contributed by atoms with Crippen LogP contribution in [-0.4, -0.2) is 92.6 Å². The molecule has 2 atom stereocenters. The lowest BCUT2D eigenvalue weighted by Gasteiger charge is -2.37. The van der Waals surface area contributed by atoms with Crippen molar-refractivity contribution in [3.63, 3.8) is 0 Å². The van der Waals surface area contributed by atoms with E-state index < -0.39 is 10.1 Å².